The van der Waals surface area contributed by atoms with Crippen LogP contribution in [0.2, 0.25) is 0 Å². The maximum atomic E-state index is 13.4. The molecule has 1 unspecified atom stereocenters. The summed E-state index contributed by atoms with van der Waals surface area (Å²) in [5.41, 5.74) is 0.964. The minimum absolute atomic E-state index is 0.0308. The average molecular weight is 371 g/mol. The Morgan fingerprint density at radius 1 is 1.11 bits per heavy atom. The fourth-order valence-corrected chi connectivity index (χ4v) is 3.56. The first-order valence-electron chi connectivity index (χ1n) is 8.74. The van der Waals surface area contributed by atoms with E-state index < -0.39 is 11.7 Å². The predicted molar refractivity (Wildman–Crippen MR) is 93.6 cm³/mol. The van der Waals surface area contributed by atoms with Crippen molar-refractivity contribution < 1.29 is 23.2 Å². The van der Waals surface area contributed by atoms with Crippen molar-refractivity contribution in [1.82, 2.24) is 9.80 Å². The average Bonchev–Trinajstić information content (AvgIpc) is 3.20. The molecule has 0 bridgehead atoms. The number of carbonyl (C=O) groups is 3. The fraction of sp³-hybridized carbons (Fsp3) is 0.316. The van der Waals surface area contributed by atoms with Crippen molar-refractivity contribution in [2.24, 2.45) is 0 Å². The van der Waals surface area contributed by atoms with Gasteiger partial charge in [-0.15, -0.1) is 0 Å². The summed E-state index contributed by atoms with van der Waals surface area (Å²) in [6, 6.07) is 7.32. The number of hydrogen-bond donors (Lipinski definition) is 1. The molecule has 4 rings (SSSR count). The highest BCUT2D eigenvalue weighted by atomic mass is 19.1. The molecule has 0 saturated carbocycles. The van der Waals surface area contributed by atoms with E-state index in [9.17, 15) is 18.8 Å². The third-order valence-corrected chi connectivity index (χ3v) is 4.96. The van der Waals surface area contributed by atoms with Crippen LogP contribution < -0.4 is 5.32 Å². The number of furan rings is 1. The van der Waals surface area contributed by atoms with Crippen LogP contribution >= 0.6 is 0 Å². The van der Waals surface area contributed by atoms with E-state index in [1.807, 2.05) is 0 Å². The third-order valence-electron chi connectivity index (χ3n) is 4.96. The zero-order valence-electron chi connectivity index (χ0n) is 14.5. The number of nitrogens with one attached hydrogen (secondary N) is 1. The van der Waals surface area contributed by atoms with Gasteiger partial charge in [-0.25, -0.2) is 4.39 Å². The summed E-state index contributed by atoms with van der Waals surface area (Å²) in [6.45, 7) is 1.53. The molecular formula is C19H18FN3O4. The minimum atomic E-state index is -0.637. The van der Waals surface area contributed by atoms with E-state index >= 15 is 0 Å². The van der Waals surface area contributed by atoms with Crippen molar-refractivity contribution in [2.75, 3.05) is 31.5 Å². The summed E-state index contributed by atoms with van der Waals surface area (Å²) in [6.07, 6.45) is 1.48. The molecule has 140 valence electrons. The lowest BCUT2D eigenvalue weighted by atomic mass is 9.89. The van der Waals surface area contributed by atoms with Crippen LogP contribution in [0.5, 0.6) is 0 Å². The van der Waals surface area contributed by atoms with Crippen molar-refractivity contribution >= 4 is 23.4 Å². The molecule has 1 saturated heterocycles. The highest BCUT2D eigenvalue weighted by Crippen LogP contribution is 2.34. The molecule has 1 aromatic heterocycles. The van der Waals surface area contributed by atoms with Crippen LogP contribution in [-0.4, -0.2) is 53.7 Å². The van der Waals surface area contributed by atoms with Gasteiger partial charge in [0.05, 0.1) is 12.2 Å². The topological polar surface area (TPSA) is 82.9 Å². The third kappa shape index (κ3) is 3.30. The van der Waals surface area contributed by atoms with E-state index in [-0.39, 0.29) is 29.9 Å². The Morgan fingerprint density at radius 3 is 2.56 bits per heavy atom. The number of piperazine rings is 1. The van der Waals surface area contributed by atoms with Gasteiger partial charge in [-0.3, -0.25) is 14.4 Å². The van der Waals surface area contributed by atoms with Gasteiger partial charge in [-0.2, -0.15) is 0 Å². The molecule has 0 aliphatic carbocycles. The number of benzene rings is 1. The maximum Gasteiger partial charge on any atom is 0.289 e. The number of nitrogens with zero attached hydrogens (tertiary/aromatic N) is 2. The van der Waals surface area contributed by atoms with Crippen molar-refractivity contribution in [1.29, 1.82) is 0 Å². The molecule has 2 aromatic rings. The smallest absolute Gasteiger partial charge is 0.289 e. The number of hydrogen-bond acceptors (Lipinski definition) is 4. The molecule has 8 heteroatoms. The molecule has 3 amide bonds. The van der Waals surface area contributed by atoms with Crippen LogP contribution in [-0.2, 0) is 9.59 Å². The Hall–Kier alpha value is -3.16. The normalized spacial score (nSPS) is 19.4. The summed E-state index contributed by atoms with van der Waals surface area (Å²) in [7, 11) is 0. The number of halogens is 1. The quantitative estimate of drug-likeness (QED) is 0.873. The zero-order chi connectivity index (χ0) is 19.0. The van der Waals surface area contributed by atoms with Crippen LogP contribution in [0, 0.1) is 5.82 Å². The lowest BCUT2D eigenvalue weighted by Gasteiger charge is -2.37. The van der Waals surface area contributed by atoms with Crippen molar-refractivity contribution in [3.05, 3.63) is 53.7 Å². The molecule has 0 radical (unpaired) electrons. The number of anilines is 1. The Balaban J connectivity index is 1.46. The maximum absolute atomic E-state index is 13.4. The fourth-order valence-electron chi connectivity index (χ4n) is 3.56. The first-order valence-corrected chi connectivity index (χ1v) is 8.74. The van der Waals surface area contributed by atoms with Gasteiger partial charge in [0.15, 0.2) is 5.76 Å². The lowest BCUT2D eigenvalue weighted by molar-refractivity contribution is -0.136. The molecular weight excluding hydrogens is 353 g/mol. The Kier molecular flexibility index (Phi) is 4.39. The molecule has 7 nitrogen and oxygen atoms in total. The van der Waals surface area contributed by atoms with Gasteiger partial charge in [0, 0.05) is 38.3 Å². The molecule has 2 aliphatic rings. The summed E-state index contributed by atoms with van der Waals surface area (Å²) < 4.78 is 18.6. The summed E-state index contributed by atoms with van der Waals surface area (Å²) >= 11 is 0. The van der Waals surface area contributed by atoms with Crippen molar-refractivity contribution in [2.45, 2.75) is 12.3 Å². The number of rotatable bonds is 2. The van der Waals surface area contributed by atoms with Gasteiger partial charge in [-0.05, 0) is 29.8 Å². The van der Waals surface area contributed by atoms with E-state index in [1.54, 1.807) is 28.0 Å². The summed E-state index contributed by atoms with van der Waals surface area (Å²) in [5, 5.41) is 2.61. The van der Waals surface area contributed by atoms with Crippen LogP contribution in [0.25, 0.3) is 0 Å². The molecule has 1 aromatic carbocycles. The molecule has 2 aliphatic heterocycles. The van der Waals surface area contributed by atoms with Crippen LogP contribution in [0.3, 0.4) is 0 Å². The van der Waals surface area contributed by atoms with Crippen LogP contribution in [0.15, 0.2) is 41.0 Å². The van der Waals surface area contributed by atoms with Gasteiger partial charge in [-0.1, -0.05) is 6.07 Å². The van der Waals surface area contributed by atoms with Gasteiger partial charge < -0.3 is 19.5 Å². The van der Waals surface area contributed by atoms with Gasteiger partial charge >= 0.3 is 0 Å². The summed E-state index contributed by atoms with van der Waals surface area (Å²) in [4.78, 5) is 40.5. The number of fused-ring (bicyclic) bond motifs is 1. The lowest BCUT2D eigenvalue weighted by Crippen LogP contribution is -2.52. The van der Waals surface area contributed by atoms with Gasteiger partial charge in [0.25, 0.3) is 5.91 Å². The Bertz CT molecular complexity index is 888. The first kappa shape index (κ1) is 17.3. The zero-order valence-corrected chi connectivity index (χ0v) is 14.5. The molecule has 1 atom stereocenters. The van der Waals surface area contributed by atoms with Crippen molar-refractivity contribution in [3.63, 3.8) is 0 Å². The second-order valence-electron chi connectivity index (χ2n) is 6.63. The van der Waals surface area contributed by atoms with E-state index in [0.29, 0.717) is 37.4 Å². The largest absolute Gasteiger partial charge is 0.459 e. The van der Waals surface area contributed by atoms with E-state index in [1.165, 1.54) is 18.4 Å². The highest BCUT2D eigenvalue weighted by Gasteiger charge is 2.35. The van der Waals surface area contributed by atoms with E-state index in [4.69, 9.17) is 4.42 Å². The van der Waals surface area contributed by atoms with Gasteiger partial charge in [0.1, 0.15) is 5.82 Å². The monoisotopic (exact) mass is 371 g/mol. The molecule has 27 heavy (non-hydrogen) atoms. The molecule has 3 heterocycles. The number of amides is 3. The predicted octanol–water partition coefficient (Wildman–Crippen LogP) is 1.83. The second kappa shape index (κ2) is 6.86. The summed E-state index contributed by atoms with van der Waals surface area (Å²) in [5.74, 6) is -1.52. The standard InChI is InChI=1S/C19H18FN3O4/c20-12-3-4-13-14(11-17(24)21-15(13)10-12)18(25)22-5-7-23(8-6-22)19(26)16-2-1-9-27-16/h1-4,9-10,14H,5-8,11H2,(H,21,24). The van der Waals surface area contributed by atoms with Gasteiger partial charge in [0.2, 0.25) is 11.8 Å². The van der Waals surface area contributed by atoms with E-state index in [2.05, 4.69) is 5.32 Å². The Labute approximate surface area is 154 Å². The molecule has 1 fully saturated rings. The highest BCUT2D eigenvalue weighted by molar-refractivity contribution is 6.01. The molecule has 0 spiro atoms. The van der Waals surface area contributed by atoms with Crippen LogP contribution in [0.1, 0.15) is 28.5 Å². The minimum Gasteiger partial charge on any atom is -0.459 e. The molecule has 1 N–H and O–H groups in total. The van der Waals surface area contributed by atoms with Crippen LogP contribution in [0.4, 0.5) is 10.1 Å². The van der Waals surface area contributed by atoms with E-state index in [0.717, 1.165) is 0 Å². The Morgan fingerprint density at radius 2 is 1.85 bits per heavy atom. The number of carbonyl (C=O) groups excluding carboxylic acids is 3. The SMILES string of the molecule is O=C1CC(C(=O)N2CCN(C(=O)c3ccco3)CC2)c2ccc(F)cc2N1. The second-order valence-corrected chi connectivity index (χ2v) is 6.63. The van der Waals surface area contributed by atoms with Crippen molar-refractivity contribution in [3.8, 4) is 0 Å². The first-order chi connectivity index (χ1) is 13.0.